The Labute approximate surface area is 174 Å². The maximum absolute atomic E-state index is 12.5. The van der Waals surface area contributed by atoms with Gasteiger partial charge >= 0.3 is 0 Å². The van der Waals surface area contributed by atoms with Gasteiger partial charge in [-0.25, -0.2) is 9.97 Å². The molecule has 1 amide bonds. The van der Waals surface area contributed by atoms with Gasteiger partial charge in [0, 0.05) is 49.2 Å². The number of hydrogen-bond acceptors (Lipinski definition) is 8. The van der Waals surface area contributed by atoms with Crippen LogP contribution in [-0.4, -0.2) is 84.6 Å². The Balaban J connectivity index is 1.52. The van der Waals surface area contributed by atoms with E-state index in [0.29, 0.717) is 18.2 Å². The second-order valence-electron chi connectivity index (χ2n) is 7.13. The lowest BCUT2D eigenvalue weighted by Crippen LogP contribution is -2.48. The quantitative estimate of drug-likeness (QED) is 0.570. The van der Waals surface area contributed by atoms with Crippen LogP contribution < -0.4 is 9.80 Å². The number of rotatable bonds is 6. The van der Waals surface area contributed by atoms with Crippen molar-refractivity contribution in [2.24, 2.45) is 0 Å². The molecule has 3 heterocycles. The molecule has 9 heteroatoms. The first-order valence-corrected chi connectivity index (χ1v) is 11.1. The van der Waals surface area contributed by atoms with Gasteiger partial charge in [0.05, 0.1) is 31.2 Å². The number of fused-ring (bicyclic) bond motifs is 1. The number of ether oxygens (including phenoxy) is 1. The highest BCUT2D eigenvalue weighted by molar-refractivity contribution is 8.00. The first-order chi connectivity index (χ1) is 14.3. The fraction of sp³-hybridized carbons (Fsp3) is 0.500. The lowest BCUT2D eigenvalue weighted by molar-refractivity contribution is -0.128. The largest absolute Gasteiger partial charge is 0.378 e. The van der Waals surface area contributed by atoms with Gasteiger partial charge < -0.3 is 24.8 Å². The van der Waals surface area contributed by atoms with Gasteiger partial charge in [0.15, 0.2) is 0 Å². The molecule has 0 aliphatic carbocycles. The van der Waals surface area contributed by atoms with E-state index in [2.05, 4.69) is 38.0 Å². The average Bonchev–Trinajstić information content (AvgIpc) is 2.79. The summed E-state index contributed by atoms with van der Waals surface area (Å²) < 4.78 is 5.45. The zero-order chi connectivity index (χ0) is 20.1. The lowest BCUT2D eigenvalue weighted by Gasteiger charge is -2.36. The number of carbonyl (C=O) groups is 1. The van der Waals surface area contributed by atoms with Crippen LogP contribution in [0.2, 0.25) is 0 Å². The third-order valence-corrected chi connectivity index (χ3v) is 6.11. The number of nitrogens with zero attached hydrogens (tertiary/aromatic N) is 5. The number of carbonyl (C=O) groups excluding carboxylic acids is 1. The molecule has 0 radical (unpaired) electrons. The summed E-state index contributed by atoms with van der Waals surface area (Å²) in [5, 5.41) is 8.10. The average molecular weight is 415 g/mol. The van der Waals surface area contributed by atoms with E-state index in [0.717, 1.165) is 68.2 Å². The molecule has 1 N–H and O–H groups in total. The van der Waals surface area contributed by atoms with Crippen molar-refractivity contribution >= 4 is 46.3 Å². The summed E-state index contributed by atoms with van der Waals surface area (Å²) in [4.78, 5) is 27.9. The van der Waals surface area contributed by atoms with Crippen LogP contribution >= 0.6 is 11.8 Å². The van der Waals surface area contributed by atoms with E-state index in [4.69, 9.17) is 10.1 Å². The van der Waals surface area contributed by atoms with Crippen LogP contribution in [-0.2, 0) is 9.53 Å². The van der Waals surface area contributed by atoms with Crippen LogP contribution in [0, 0.1) is 5.41 Å². The van der Waals surface area contributed by atoms with Gasteiger partial charge in [0.25, 0.3) is 0 Å². The number of morpholine rings is 1. The molecule has 2 aliphatic rings. The first kappa shape index (κ1) is 19.9. The smallest absolute Gasteiger partial charge is 0.233 e. The van der Waals surface area contributed by atoms with Crippen LogP contribution in [0.1, 0.15) is 6.42 Å². The predicted octanol–water partition coefficient (Wildman–Crippen LogP) is 1.85. The lowest BCUT2D eigenvalue weighted by atomic mass is 10.1. The zero-order valence-electron chi connectivity index (χ0n) is 16.4. The molecule has 0 spiro atoms. The van der Waals surface area contributed by atoms with E-state index in [-0.39, 0.29) is 5.91 Å². The predicted molar refractivity (Wildman–Crippen MR) is 117 cm³/mol. The topological polar surface area (TPSA) is 85.7 Å². The van der Waals surface area contributed by atoms with Gasteiger partial charge in [0.1, 0.15) is 12.1 Å². The summed E-state index contributed by atoms with van der Waals surface area (Å²) in [5.74, 6) is 1.99. The van der Waals surface area contributed by atoms with Gasteiger partial charge in [-0.3, -0.25) is 4.79 Å². The monoisotopic (exact) mass is 414 g/mol. The van der Waals surface area contributed by atoms with Crippen LogP contribution in [0.15, 0.2) is 24.5 Å². The number of hydrogen-bond donors (Lipinski definition) is 1. The van der Waals surface area contributed by atoms with Crippen molar-refractivity contribution in [3.8, 4) is 0 Å². The Morgan fingerprint density at radius 3 is 2.86 bits per heavy atom. The standard InChI is InChI=1S/C20H26N6O2S/c21-4-11-29-13-19(27)25-5-1-6-26(15-25)20-17-3-2-16(12-18(17)22-14-23-20)24-7-9-28-10-8-24/h2-4,12,14,21H,1,5-11,13,15H2. The van der Waals surface area contributed by atoms with E-state index in [9.17, 15) is 4.79 Å². The van der Waals surface area contributed by atoms with Gasteiger partial charge in [-0.05, 0) is 24.6 Å². The summed E-state index contributed by atoms with van der Waals surface area (Å²) in [5.41, 5.74) is 2.08. The number of anilines is 2. The summed E-state index contributed by atoms with van der Waals surface area (Å²) in [6, 6.07) is 6.34. The van der Waals surface area contributed by atoms with E-state index in [1.165, 1.54) is 18.0 Å². The zero-order valence-corrected chi connectivity index (χ0v) is 17.2. The molecule has 0 unspecified atom stereocenters. The van der Waals surface area contributed by atoms with E-state index in [1.54, 1.807) is 6.33 Å². The van der Waals surface area contributed by atoms with E-state index < -0.39 is 0 Å². The van der Waals surface area contributed by atoms with Crippen molar-refractivity contribution in [1.82, 2.24) is 14.9 Å². The number of amides is 1. The maximum atomic E-state index is 12.5. The molecular weight excluding hydrogens is 388 g/mol. The molecule has 4 rings (SSSR count). The minimum Gasteiger partial charge on any atom is -0.378 e. The van der Waals surface area contributed by atoms with Crippen molar-refractivity contribution in [2.45, 2.75) is 6.42 Å². The Hall–Kier alpha value is -2.39. The maximum Gasteiger partial charge on any atom is 0.233 e. The van der Waals surface area contributed by atoms with E-state index >= 15 is 0 Å². The summed E-state index contributed by atoms with van der Waals surface area (Å²) in [6.07, 6.45) is 3.86. The van der Waals surface area contributed by atoms with Crippen LogP contribution in [0.25, 0.3) is 10.9 Å². The highest BCUT2D eigenvalue weighted by atomic mass is 32.2. The van der Waals surface area contributed by atoms with Crippen molar-refractivity contribution in [2.75, 3.05) is 67.4 Å². The van der Waals surface area contributed by atoms with Gasteiger partial charge in [-0.2, -0.15) is 0 Å². The normalized spacial score (nSPS) is 17.6. The molecule has 2 aliphatic heterocycles. The van der Waals surface area contributed by atoms with Gasteiger partial charge in [-0.15, -0.1) is 11.8 Å². The van der Waals surface area contributed by atoms with Crippen molar-refractivity contribution in [3.63, 3.8) is 0 Å². The van der Waals surface area contributed by atoms with Crippen molar-refractivity contribution in [3.05, 3.63) is 24.5 Å². The van der Waals surface area contributed by atoms with Crippen LogP contribution in [0.3, 0.4) is 0 Å². The molecule has 1 aromatic heterocycles. The highest BCUT2D eigenvalue weighted by Crippen LogP contribution is 2.28. The molecule has 29 heavy (non-hydrogen) atoms. The SMILES string of the molecule is N=CCSCC(=O)N1CCCN(c2ncnc3cc(N4CCOCC4)ccc23)C1. The molecular formula is C20H26N6O2S. The Morgan fingerprint density at radius 2 is 2.03 bits per heavy atom. The molecule has 0 atom stereocenters. The fourth-order valence-corrected chi connectivity index (χ4v) is 4.37. The number of benzene rings is 1. The van der Waals surface area contributed by atoms with Crippen LogP contribution in [0.4, 0.5) is 11.5 Å². The third-order valence-electron chi connectivity index (χ3n) is 5.25. The van der Waals surface area contributed by atoms with Gasteiger partial charge in [-0.1, -0.05) is 0 Å². The molecule has 8 nitrogen and oxygen atoms in total. The number of nitrogens with one attached hydrogen (secondary N) is 1. The number of thioether (sulfide) groups is 1. The summed E-state index contributed by atoms with van der Waals surface area (Å²) in [7, 11) is 0. The highest BCUT2D eigenvalue weighted by Gasteiger charge is 2.24. The first-order valence-electron chi connectivity index (χ1n) is 9.93. The molecule has 1 aromatic carbocycles. The van der Waals surface area contributed by atoms with E-state index in [1.807, 2.05) is 4.90 Å². The second kappa shape index (κ2) is 9.41. The van der Waals surface area contributed by atoms with Gasteiger partial charge in [0.2, 0.25) is 5.91 Å². The molecule has 2 fully saturated rings. The fourth-order valence-electron chi connectivity index (χ4n) is 3.77. The minimum absolute atomic E-state index is 0.120. The molecule has 0 saturated carbocycles. The molecule has 0 bridgehead atoms. The van der Waals surface area contributed by atoms with Crippen molar-refractivity contribution in [1.29, 1.82) is 5.41 Å². The summed E-state index contributed by atoms with van der Waals surface area (Å²) in [6.45, 7) is 5.47. The Kier molecular flexibility index (Phi) is 6.46. The second-order valence-corrected chi connectivity index (χ2v) is 8.16. The molecule has 154 valence electrons. The van der Waals surface area contributed by atoms with Crippen molar-refractivity contribution < 1.29 is 9.53 Å². The van der Waals surface area contributed by atoms with Crippen LogP contribution in [0.5, 0.6) is 0 Å². The minimum atomic E-state index is 0.120. The summed E-state index contributed by atoms with van der Waals surface area (Å²) >= 11 is 1.48. The number of aromatic nitrogens is 2. The molecule has 2 saturated heterocycles. The molecule has 2 aromatic rings. The Bertz CT molecular complexity index is 873. The Morgan fingerprint density at radius 1 is 1.17 bits per heavy atom. The third kappa shape index (κ3) is 4.62.